The van der Waals surface area contributed by atoms with Crippen molar-refractivity contribution in [2.24, 2.45) is 5.73 Å². The molecule has 1 aromatic carbocycles. The van der Waals surface area contributed by atoms with E-state index in [9.17, 15) is 5.11 Å². The van der Waals surface area contributed by atoms with E-state index < -0.39 is 5.60 Å². The van der Waals surface area contributed by atoms with Crippen LogP contribution in [0.15, 0.2) is 18.2 Å². The second-order valence-corrected chi connectivity index (χ2v) is 4.19. The number of ether oxygens (including phenoxy) is 1. The Morgan fingerprint density at radius 3 is 2.67 bits per heavy atom. The van der Waals surface area contributed by atoms with Crippen molar-refractivity contribution in [1.82, 2.24) is 0 Å². The van der Waals surface area contributed by atoms with Crippen LogP contribution in [0.4, 0.5) is 0 Å². The summed E-state index contributed by atoms with van der Waals surface area (Å²) in [5, 5.41) is 9.91. The molecule has 15 heavy (non-hydrogen) atoms. The van der Waals surface area contributed by atoms with Crippen molar-refractivity contribution in [3.63, 3.8) is 0 Å². The molecular formula is C12H19NO2. The summed E-state index contributed by atoms with van der Waals surface area (Å²) in [7, 11) is 1.63. The number of nitrogens with two attached hydrogens (primary N) is 1. The molecule has 3 heteroatoms. The van der Waals surface area contributed by atoms with Crippen molar-refractivity contribution in [3.8, 4) is 5.75 Å². The van der Waals surface area contributed by atoms with E-state index >= 15 is 0 Å². The van der Waals surface area contributed by atoms with Crippen molar-refractivity contribution in [2.75, 3.05) is 13.7 Å². The fourth-order valence-corrected chi connectivity index (χ4v) is 1.53. The highest BCUT2D eigenvalue weighted by molar-refractivity contribution is 5.37. The molecule has 1 rings (SSSR count). The van der Waals surface area contributed by atoms with Crippen molar-refractivity contribution in [1.29, 1.82) is 0 Å². The van der Waals surface area contributed by atoms with E-state index in [1.165, 1.54) is 0 Å². The fraction of sp³-hybridized carbons (Fsp3) is 0.500. The Labute approximate surface area is 90.9 Å². The van der Waals surface area contributed by atoms with E-state index in [1.54, 1.807) is 14.0 Å². The third-order valence-electron chi connectivity index (χ3n) is 2.45. The summed E-state index contributed by atoms with van der Waals surface area (Å²) in [6, 6.07) is 5.92. The number of methoxy groups -OCH3 is 1. The van der Waals surface area contributed by atoms with Gasteiger partial charge in [-0.1, -0.05) is 17.7 Å². The minimum absolute atomic E-state index is 0.240. The lowest BCUT2D eigenvalue weighted by Gasteiger charge is -2.22. The lowest BCUT2D eigenvalue weighted by molar-refractivity contribution is 0.0690. The molecule has 0 aromatic heterocycles. The molecule has 0 bridgehead atoms. The van der Waals surface area contributed by atoms with Crippen molar-refractivity contribution in [2.45, 2.75) is 25.9 Å². The maximum absolute atomic E-state index is 9.91. The molecule has 0 saturated heterocycles. The molecule has 1 unspecified atom stereocenters. The minimum Gasteiger partial charge on any atom is -0.496 e. The predicted octanol–water partition coefficient (Wildman–Crippen LogP) is 1.26. The third-order valence-corrected chi connectivity index (χ3v) is 2.45. The second kappa shape index (κ2) is 4.64. The third kappa shape index (κ3) is 3.22. The average Bonchev–Trinajstić information content (AvgIpc) is 2.18. The largest absolute Gasteiger partial charge is 0.496 e. The molecule has 3 nitrogen and oxygen atoms in total. The molecule has 0 spiro atoms. The molecule has 0 aliphatic carbocycles. The topological polar surface area (TPSA) is 55.5 Å². The normalized spacial score (nSPS) is 14.7. The first-order chi connectivity index (χ1) is 6.98. The van der Waals surface area contributed by atoms with E-state index in [0.29, 0.717) is 6.42 Å². The van der Waals surface area contributed by atoms with Crippen LogP contribution < -0.4 is 10.5 Å². The standard InChI is InChI=1S/C12H19NO2/c1-9-4-5-11(15-3)10(6-9)7-12(2,14)8-13/h4-6,14H,7-8,13H2,1-3H3. The molecule has 0 aliphatic rings. The highest BCUT2D eigenvalue weighted by Gasteiger charge is 2.20. The molecule has 3 N–H and O–H groups in total. The molecule has 0 radical (unpaired) electrons. The van der Waals surface area contributed by atoms with Gasteiger partial charge >= 0.3 is 0 Å². The summed E-state index contributed by atoms with van der Waals surface area (Å²) in [6.45, 7) is 3.99. The Balaban J connectivity index is 2.97. The molecule has 0 saturated carbocycles. The van der Waals surface area contributed by atoms with E-state index in [4.69, 9.17) is 10.5 Å². The summed E-state index contributed by atoms with van der Waals surface area (Å²) < 4.78 is 5.24. The highest BCUT2D eigenvalue weighted by Crippen LogP contribution is 2.23. The van der Waals surface area contributed by atoms with Gasteiger partial charge in [0.2, 0.25) is 0 Å². The minimum atomic E-state index is -0.874. The molecule has 0 aliphatic heterocycles. The van der Waals surface area contributed by atoms with Crippen LogP contribution in [0.2, 0.25) is 0 Å². The van der Waals surface area contributed by atoms with Crippen LogP contribution in [0.5, 0.6) is 5.75 Å². The quantitative estimate of drug-likeness (QED) is 0.784. The van der Waals surface area contributed by atoms with Crippen LogP contribution in [0.25, 0.3) is 0 Å². The van der Waals surface area contributed by atoms with Crippen LogP contribution in [0.1, 0.15) is 18.1 Å². The maximum atomic E-state index is 9.91. The molecular weight excluding hydrogens is 190 g/mol. The summed E-state index contributed by atoms with van der Waals surface area (Å²) in [4.78, 5) is 0. The Hall–Kier alpha value is -1.06. The van der Waals surface area contributed by atoms with Gasteiger partial charge in [0.05, 0.1) is 12.7 Å². The van der Waals surface area contributed by atoms with Gasteiger partial charge in [0.25, 0.3) is 0 Å². The monoisotopic (exact) mass is 209 g/mol. The zero-order valence-electron chi connectivity index (χ0n) is 9.58. The second-order valence-electron chi connectivity index (χ2n) is 4.19. The fourth-order valence-electron chi connectivity index (χ4n) is 1.53. The van der Waals surface area contributed by atoms with Crippen LogP contribution in [-0.4, -0.2) is 24.4 Å². The van der Waals surface area contributed by atoms with Crippen LogP contribution in [-0.2, 0) is 6.42 Å². The SMILES string of the molecule is COc1ccc(C)cc1CC(C)(O)CN. The van der Waals surface area contributed by atoms with Crippen molar-refractivity contribution >= 4 is 0 Å². The van der Waals surface area contributed by atoms with E-state index in [2.05, 4.69) is 0 Å². The lowest BCUT2D eigenvalue weighted by atomic mass is 9.95. The zero-order valence-corrected chi connectivity index (χ0v) is 9.58. The number of hydrogen-bond donors (Lipinski definition) is 2. The van der Waals surface area contributed by atoms with Crippen molar-refractivity contribution in [3.05, 3.63) is 29.3 Å². The smallest absolute Gasteiger partial charge is 0.122 e. The van der Waals surface area contributed by atoms with Gasteiger partial charge in [0.15, 0.2) is 0 Å². The van der Waals surface area contributed by atoms with Gasteiger partial charge in [-0.2, -0.15) is 0 Å². The summed E-state index contributed by atoms with van der Waals surface area (Å²) in [5.74, 6) is 0.800. The summed E-state index contributed by atoms with van der Waals surface area (Å²) in [6.07, 6.45) is 0.508. The predicted molar refractivity (Wildman–Crippen MR) is 61.1 cm³/mol. The molecule has 0 fully saturated rings. The average molecular weight is 209 g/mol. The van der Waals surface area contributed by atoms with Gasteiger partial charge < -0.3 is 15.6 Å². The Kier molecular flexibility index (Phi) is 3.72. The number of aliphatic hydroxyl groups is 1. The summed E-state index contributed by atoms with van der Waals surface area (Å²) >= 11 is 0. The van der Waals surface area contributed by atoms with E-state index in [1.807, 2.05) is 25.1 Å². The number of rotatable bonds is 4. The van der Waals surface area contributed by atoms with Gasteiger partial charge in [-0.3, -0.25) is 0 Å². The van der Waals surface area contributed by atoms with Crippen LogP contribution in [0.3, 0.4) is 0 Å². The van der Waals surface area contributed by atoms with Gasteiger partial charge in [0, 0.05) is 13.0 Å². The number of aryl methyl sites for hydroxylation is 1. The lowest BCUT2D eigenvalue weighted by Crippen LogP contribution is -2.36. The van der Waals surface area contributed by atoms with Crippen molar-refractivity contribution < 1.29 is 9.84 Å². The number of benzene rings is 1. The van der Waals surface area contributed by atoms with Crippen LogP contribution in [0, 0.1) is 6.92 Å². The van der Waals surface area contributed by atoms with Gasteiger partial charge in [-0.25, -0.2) is 0 Å². The first-order valence-corrected chi connectivity index (χ1v) is 5.04. The molecule has 84 valence electrons. The molecule has 0 amide bonds. The van der Waals surface area contributed by atoms with E-state index in [-0.39, 0.29) is 6.54 Å². The molecule has 0 heterocycles. The van der Waals surface area contributed by atoms with Gasteiger partial charge in [0.1, 0.15) is 5.75 Å². The zero-order chi connectivity index (χ0) is 11.5. The Bertz CT molecular complexity index is 334. The van der Waals surface area contributed by atoms with Crippen LogP contribution >= 0.6 is 0 Å². The maximum Gasteiger partial charge on any atom is 0.122 e. The first kappa shape index (κ1) is 12.0. The first-order valence-electron chi connectivity index (χ1n) is 5.04. The molecule has 1 aromatic rings. The van der Waals surface area contributed by atoms with Gasteiger partial charge in [-0.05, 0) is 25.5 Å². The van der Waals surface area contributed by atoms with Gasteiger partial charge in [-0.15, -0.1) is 0 Å². The number of hydrogen-bond acceptors (Lipinski definition) is 3. The Morgan fingerprint density at radius 2 is 2.13 bits per heavy atom. The van der Waals surface area contributed by atoms with E-state index in [0.717, 1.165) is 16.9 Å². The Morgan fingerprint density at radius 1 is 1.47 bits per heavy atom. The molecule has 1 atom stereocenters. The highest BCUT2D eigenvalue weighted by atomic mass is 16.5. The summed E-state index contributed by atoms with van der Waals surface area (Å²) in [5.41, 5.74) is 6.76.